The molecule has 0 amide bonds. The summed E-state index contributed by atoms with van der Waals surface area (Å²) in [6.07, 6.45) is 5.22. The van der Waals surface area contributed by atoms with Gasteiger partial charge in [0, 0.05) is 0 Å². The molecule has 0 unspecified atom stereocenters. The Morgan fingerprint density at radius 1 is 1.06 bits per heavy atom. The number of carboxylic acid groups (broad SMARTS) is 1. The quantitative estimate of drug-likeness (QED) is 0.742. The molecule has 0 atom stereocenters. The fourth-order valence-corrected chi connectivity index (χ4v) is 1.69. The van der Waals surface area contributed by atoms with Crippen molar-refractivity contribution in [2.75, 3.05) is 0 Å². The summed E-state index contributed by atoms with van der Waals surface area (Å²) in [7, 11) is 0. The van der Waals surface area contributed by atoms with Gasteiger partial charge in [-0.05, 0) is 29.5 Å². The number of benzene rings is 1. The maximum Gasteiger partial charge on any atom is 0.307 e. The summed E-state index contributed by atoms with van der Waals surface area (Å²) in [5, 5.41) is 8.77. The highest BCUT2D eigenvalue weighted by Gasteiger charge is 2.03. The Labute approximate surface area is 95.9 Å². The predicted octanol–water partition coefficient (Wildman–Crippen LogP) is 2.77. The van der Waals surface area contributed by atoms with Gasteiger partial charge in [-0.15, -0.1) is 13.2 Å². The number of hydrogen-bond donors (Lipinski definition) is 1. The number of carboxylic acids is 1. The number of aliphatic carboxylic acids is 1. The molecule has 0 spiro atoms. The molecule has 2 heteroatoms. The lowest BCUT2D eigenvalue weighted by atomic mass is 10.00. The van der Waals surface area contributed by atoms with Gasteiger partial charge in [-0.1, -0.05) is 30.4 Å². The fraction of sp³-hybridized carbons (Fsp3) is 0.214. The lowest BCUT2D eigenvalue weighted by Gasteiger charge is -2.06. The molecule has 0 aromatic heterocycles. The van der Waals surface area contributed by atoms with Crippen LogP contribution in [0.5, 0.6) is 0 Å². The molecule has 1 aromatic rings. The van der Waals surface area contributed by atoms with E-state index in [-0.39, 0.29) is 6.42 Å². The van der Waals surface area contributed by atoms with Gasteiger partial charge < -0.3 is 5.11 Å². The van der Waals surface area contributed by atoms with E-state index in [1.807, 2.05) is 24.3 Å². The molecule has 1 aromatic carbocycles. The number of carbonyl (C=O) groups is 1. The van der Waals surface area contributed by atoms with Crippen molar-refractivity contribution in [1.82, 2.24) is 0 Å². The molecule has 0 aliphatic heterocycles. The second-order valence-electron chi connectivity index (χ2n) is 3.71. The van der Waals surface area contributed by atoms with Crippen LogP contribution in [-0.2, 0) is 24.1 Å². The van der Waals surface area contributed by atoms with Crippen molar-refractivity contribution in [2.24, 2.45) is 0 Å². The van der Waals surface area contributed by atoms with E-state index >= 15 is 0 Å². The average molecular weight is 216 g/mol. The highest BCUT2D eigenvalue weighted by Crippen LogP contribution is 2.13. The third-order valence-corrected chi connectivity index (χ3v) is 2.23. The van der Waals surface area contributed by atoms with Gasteiger partial charge >= 0.3 is 5.97 Å². The van der Waals surface area contributed by atoms with E-state index in [2.05, 4.69) is 19.2 Å². The lowest BCUT2D eigenvalue weighted by Crippen LogP contribution is -2.01. The Kier molecular flexibility index (Phi) is 4.52. The molecular formula is C14H16O2. The van der Waals surface area contributed by atoms with E-state index in [0.29, 0.717) is 0 Å². The summed E-state index contributed by atoms with van der Waals surface area (Å²) in [5.74, 6) is -0.805. The number of rotatable bonds is 6. The van der Waals surface area contributed by atoms with Crippen molar-refractivity contribution in [3.63, 3.8) is 0 Å². The van der Waals surface area contributed by atoms with Gasteiger partial charge in [-0.2, -0.15) is 0 Å². The normalized spacial score (nSPS) is 9.75. The zero-order valence-electron chi connectivity index (χ0n) is 9.28. The van der Waals surface area contributed by atoms with E-state index in [9.17, 15) is 4.79 Å². The summed E-state index contributed by atoms with van der Waals surface area (Å²) >= 11 is 0. The summed E-state index contributed by atoms with van der Waals surface area (Å²) in [4.78, 5) is 10.7. The molecule has 0 heterocycles. The van der Waals surface area contributed by atoms with E-state index in [4.69, 9.17) is 5.11 Å². The molecule has 1 rings (SSSR count). The molecule has 1 N–H and O–H groups in total. The first-order valence-corrected chi connectivity index (χ1v) is 5.21. The van der Waals surface area contributed by atoms with Gasteiger partial charge in [-0.25, -0.2) is 0 Å². The van der Waals surface area contributed by atoms with Crippen LogP contribution in [0.3, 0.4) is 0 Å². The summed E-state index contributed by atoms with van der Waals surface area (Å²) in [5.41, 5.74) is 3.04. The zero-order valence-corrected chi connectivity index (χ0v) is 9.28. The van der Waals surface area contributed by atoms with Crippen molar-refractivity contribution < 1.29 is 9.90 Å². The fourth-order valence-electron chi connectivity index (χ4n) is 1.69. The third kappa shape index (κ3) is 3.73. The van der Waals surface area contributed by atoms with Crippen LogP contribution >= 0.6 is 0 Å². The molecule has 16 heavy (non-hydrogen) atoms. The van der Waals surface area contributed by atoms with Gasteiger partial charge in [0.15, 0.2) is 0 Å². The minimum absolute atomic E-state index is 0.0646. The van der Waals surface area contributed by atoms with E-state index in [1.54, 1.807) is 0 Å². The van der Waals surface area contributed by atoms with Crippen LogP contribution in [0.15, 0.2) is 43.5 Å². The second kappa shape index (κ2) is 5.91. The van der Waals surface area contributed by atoms with Gasteiger partial charge in [0.25, 0.3) is 0 Å². The van der Waals surface area contributed by atoms with E-state index in [1.165, 1.54) is 0 Å². The van der Waals surface area contributed by atoms with Crippen molar-refractivity contribution in [3.05, 3.63) is 60.2 Å². The Balaban J connectivity index is 3.01. The van der Waals surface area contributed by atoms with Crippen LogP contribution < -0.4 is 0 Å². The van der Waals surface area contributed by atoms with Crippen molar-refractivity contribution in [3.8, 4) is 0 Å². The standard InChI is InChI=1S/C14H16O2/c1-3-5-11-7-12(6-4-2)9-13(8-11)10-14(15)16/h3-4,7-9H,1-2,5-6,10H2,(H,15,16). The van der Waals surface area contributed by atoms with Crippen LogP contribution in [0.4, 0.5) is 0 Å². The Morgan fingerprint density at radius 2 is 1.50 bits per heavy atom. The van der Waals surface area contributed by atoms with Crippen molar-refractivity contribution in [1.29, 1.82) is 0 Å². The number of hydrogen-bond acceptors (Lipinski definition) is 1. The van der Waals surface area contributed by atoms with Gasteiger partial charge in [-0.3, -0.25) is 4.79 Å². The van der Waals surface area contributed by atoms with Crippen LogP contribution in [0.25, 0.3) is 0 Å². The second-order valence-corrected chi connectivity index (χ2v) is 3.71. The van der Waals surface area contributed by atoms with Crippen LogP contribution in [0, 0.1) is 0 Å². The van der Waals surface area contributed by atoms with Crippen molar-refractivity contribution >= 4 is 5.97 Å². The van der Waals surface area contributed by atoms with Gasteiger partial charge in [0.2, 0.25) is 0 Å². The maximum atomic E-state index is 10.7. The minimum Gasteiger partial charge on any atom is -0.481 e. The van der Waals surface area contributed by atoms with Gasteiger partial charge in [0.05, 0.1) is 6.42 Å². The van der Waals surface area contributed by atoms with Crippen molar-refractivity contribution in [2.45, 2.75) is 19.3 Å². The highest BCUT2D eigenvalue weighted by atomic mass is 16.4. The zero-order chi connectivity index (χ0) is 12.0. The molecular weight excluding hydrogens is 200 g/mol. The number of allylic oxidation sites excluding steroid dienone is 2. The molecule has 0 saturated heterocycles. The molecule has 0 bridgehead atoms. The molecule has 2 nitrogen and oxygen atoms in total. The largest absolute Gasteiger partial charge is 0.481 e. The molecule has 0 aliphatic carbocycles. The Morgan fingerprint density at radius 3 is 1.88 bits per heavy atom. The van der Waals surface area contributed by atoms with E-state index in [0.717, 1.165) is 29.5 Å². The first kappa shape index (κ1) is 12.2. The monoisotopic (exact) mass is 216 g/mol. The first-order valence-electron chi connectivity index (χ1n) is 5.21. The minimum atomic E-state index is -0.805. The summed E-state index contributed by atoms with van der Waals surface area (Å²) in [6, 6.07) is 5.90. The molecule has 84 valence electrons. The SMILES string of the molecule is C=CCc1cc(CC=C)cc(CC(=O)O)c1. The average Bonchev–Trinajstić information content (AvgIpc) is 2.17. The predicted molar refractivity (Wildman–Crippen MR) is 65.6 cm³/mol. The maximum absolute atomic E-state index is 10.7. The topological polar surface area (TPSA) is 37.3 Å². The van der Waals surface area contributed by atoms with Crippen LogP contribution in [0.2, 0.25) is 0 Å². The summed E-state index contributed by atoms with van der Waals surface area (Å²) < 4.78 is 0. The highest BCUT2D eigenvalue weighted by molar-refractivity contribution is 5.70. The van der Waals surface area contributed by atoms with Gasteiger partial charge in [0.1, 0.15) is 0 Å². The molecule has 0 radical (unpaired) electrons. The summed E-state index contributed by atoms with van der Waals surface area (Å²) in [6.45, 7) is 7.37. The lowest BCUT2D eigenvalue weighted by molar-refractivity contribution is -0.136. The first-order chi connectivity index (χ1) is 7.65. The van der Waals surface area contributed by atoms with Crippen LogP contribution in [0.1, 0.15) is 16.7 Å². The Bertz CT molecular complexity index is 377. The molecule has 0 saturated carbocycles. The molecule has 0 fully saturated rings. The van der Waals surface area contributed by atoms with Crippen LogP contribution in [-0.4, -0.2) is 11.1 Å². The van der Waals surface area contributed by atoms with E-state index < -0.39 is 5.97 Å². The molecule has 0 aliphatic rings. The smallest absolute Gasteiger partial charge is 0.307 e. The Hall–Kier alpha value is -1.83. The third-order valence-electron chi connectivity index (χ3n) is 2.23.